The molecule has 0 N–H and O–H groups in total. The van der Waals surface area contributed by atoms with Gasteiger partial charge in [-0.25, -0.2) is 0 Å². The maximum absolute atomic E-state index is 11.5. The molecule has 3 heteroatoms. The summed E-state index contributed by atoms with van der Waals surface area (Å²) in [5.74, 6) is 0.185. The Labute approximate surface area is 81.1 Å². The van der Waals surface area contributed by atoms with Gasteiger partial charge < -0.3 is 9.64 Å². The van der Waals surface area contributed by atoms with Crippen molar-refractivity contribution in [2.75, 3.05) is 27.3 Å². The molecule has 0 saturated carbocycles. The zero-order valence-electron chi connectivity index (χ0n) is 9.39. The molecular weight excluding hydrogens is 166 g/mol. The van der Waals surface area contributed by atoms with Crippen LogP contribution in [0.3, 0.4) is 0 Å². The van der Waals surface area contributed by atoms with Crippen LogP contribution in [-0.4, -0.2) is 38.1 Å². The number of methoxy groups -OCH3 is 1. The first-order valence-corrected chi connectivity index (χ1v) is 4.60. The fourth-order valence-corrected chi connectivity index (χ4v) is 0.942. The Bertz CT molecular complexity index is 161. The van der Waals surface area contributed by atoms with E-state index in [1.165, 1.54) is 0 Å². The van der Waals surface area contributed by atoms with Crippen LogP contribution in [-0.2, 0) is 9.53 Å². The van der Waals surface area contributed by atoms with Crippen molar-refractivity contribution in [1.82, 2.24) is 4.90 Å². The van der Waals surface area contributed by atoms with Crippen molar-refractivity contribution in [3.05, 3.63) is 0 Å². The van der Waals surface area contributed by atoms with Gasteiger partial charge in [0.15, 0.2) is 0 Å². The third-order valence-electron chi connectivity index (χ3n) is 1.74. The van der Waals surface area contributed by atoms with E-state index in [2.05, 4.69) is 20.8 Å². The van der Waals surface area contributed by atoms with Crippen LogP contribution in [0.25, 0.3) is 0 Å². The number of nitrogens with zero attached hydrogens (tertiary/aromatic N) is 1. The van der Waals surface area contributed by atoms with E-state index in [-0.39, 0.29) is 11.3 Å². The molecule has 13 heavy (non-hydrogen) atoms. The van der Waals surface area contributed by atoms with Crippen molar-refractivity contribution in [3.8, 4) is 0 Å². The van der Waals surface area contributed by atoms with Crippen molar-refractivity contribution in [2.45, 2.75) is 27.2 Å². The Morgan fingerprint density at radius 3 is 2.31 bits per heavy atom. The van der Waals surface area contributed by atoms with Crippen LogP contribution in [0.2, 0.25) is 0 Å². The van der Waals surface area contributed by atoms with Gasteiger partial charge in [0, 0.05) is 27.1 Å². The molecule has 0 rings (SSSR count). The molecule has 0 heterocycles. The quantitative estimate of drug-likeness (QED) is 0.668. The van der Waals surface area contributed by atoms with Crippen LogP contribution in [0.1, 0.15) is 27.2 Å². The van der Waals surface area contributed by atoms with Gasteiger partial charge in [-0.2, -0.15) is 0 Å². The highest BCUT2D eigenvalue weighted by Crippen LogP contribution is 2.19. The van der Waals surface area contributed by atoms with E-state index >= 15 is 0 Å². The molecular formula is C10H21NO2. The van der Waals surface area contributed by atoms with Gasteiger partial charge in [0.25, 0.3) is 0 Å². The Morgan fingerprint density at radius 2 is 1.92 bits per heavy atom. The fourth-order valence-electron chi connectivity index (χ4n) is 0.942. The lowest BCUT2D eigenvalue weighted by Crippen LogP contribution is -2.32. The molecule has 0 atom stereocenters. The predicted molar refractivity (Wildman–Crippen MR) is 53.6 cm³/mol. The summed E-state index contributed by atoms with van der Waals surface area (Å²) in [5.41, 5.74) is 0.0679. The Hall–Kier alpha value is -0.570. The lowest BCUT2D eigenvalue weighted by molar-refractivity contribution is -0.132. The van der Waals surface area contributed by atoms with E-state index in [1.807, 2.05) is 7.05 Å². The maximum atomic E-state index is 11.5. The van der Waals surface area contributed by atoms with Gasteiger partial charge in [-0.05, 0) is 5.41 Å². The SMILES string of the molecule is COCCN(C)C(=O)CC(C)(C)C. The minimum atomic E-state index is 0.0679. The molecule has 0 saturated heterocycles. The summed E-state index contributed by atoms with van der Waals surface area (Å²) in [6.45, 7) is 7.47. The van der Waals surface area contributed by atoms with E-state index in [1.54, 1.807) is 12.0 Å². The minimum Gasteiger partial charge on any atom is -0.383 e. The van der Waals surface area contributed by atoms with Gasteiger partial charge in [0.05, 0.1) is 6.61 Å². The summed E-state index contributed by atoms with van der Waals surface area (Å²) in [6, 6.07) is 0. The van der Waals surface area contributed by atoms with Crippen LogP contribution in [0.5, 0.6) is 0 Å². The minimum absolute atomic E-state index is 0.0679. The number of ether oxygens (including phenoxy) is 1. The maximum Gasteiger partial charge on any atom is 0.222 e. The molecule has 0 aliphatic carbocycles. The van der Waals surface area contributed by atoms with Gasteiger partial charge in [-0.15, -0.1) is 0 Å². The first kappa shape index (κ1) is 12.4. The number of likely N-dealkylation sites (N-methyl/N-ethyl adjacent to an activating group) is 1. The number of hydrogen-bond acceptors (Lipinski definition) is 2. The zero-order chi connectivity index (χ0) is 10.5. The largest absolute Gasteiger partial charge is 0.383 e. The van der Waals surface area contributed by atoms with E-state index < -0.39 is 0 Å². The summed E-state index contributed by atoms with van der Waals surface area (Å²) in [5, 5.41) is 0. The summed E-state index contributed by atoms with van der Waals surface area (Å²) < 4.78 is 4.90. The molecule has 3 nitrogen and oxygen atoms in total. The Morgan fingerprint density at radius 1 is 1.38 bits per heavy atom. The van der Waals surface area contributed by atoms with Gasteiger partial charge in [0.1, 0.15) is 0 Å². The summed E-state index contributed by atoms with van der Waals surface area (Å²) in [6.07, 6.45) is 0.590. The molecule has 0 fully saturated rings. The number of carbonyl (C=O) groups is 1. The number of carbonyl (C=O) groups excluding carboxylic acids is 1. The number of hydrogen-bond donors (Lipinski definition) is 0. The Balaban J connectivity index is 3.83. The van der Waals surface area contributed by atoms with E-state index in [0.717, 1.165) is 0 Å². The highest BCUT2D eigenvalue weighted by molar-refractivity contribution is 5.76. The monoisotopic (exact) mass is 187 g/mol. The number of amides is 1. The fraction of sp³-hybridized carbons (Fsp3) is 0.900. The van der Waals surface area contributed by atoms with Crippen LogP contribution in [0.4, 0.5) is 0 Å². The molecule has 0 aromatic carbocycles. The second-order valence-electron chi connectivity index (χ2n) is 4.55. The molecule has 0 aliphatic heterocycles. The van der Waals surface area contributed by atoms with Crippen LogP contribution in [0, 0.1) is 5.41 Å². The van der Waals surface area contributed by atoms with E-state index in [9.17, 15) is 4.79 Å². The lowest BCUT2D eigenvalue weighted by atomic mass is 9.92. The molecule has 0 aromatic rings. The smallest absolute Gasteiger partial charge is 0.222 e. The van der Waals surface area contributed by atoms with E-state index in [0.29, 0.717) is 19.6 Å². The summed E-state index contributed by atoms with van der Waals surface area (Å²) in [4.78, 5) is 13.3. The standard InChI is InChI=1S/C10H21NO2/c1-10(2,3)8-9(12)11(4)6-7-13-5/h6-8H2,1-5H3. The molecule has 0 spiro atoms. The first-order chi connectivity index (χ1) is 5.87. The van der Waals surface area contributed by atoms with Crippen LogP contribution >= 0.6 is 0 Å². The highest BCUT2D eigenvalue weighted by atomic mass is 16.5. The molecule has 1 amide bonds. The number of rotatable bonds is 4. The third-order valence-corrected chi connectivity index (χ3v) is 1.74. The Kier molecular flexibility index (Phi) is 4.99. The molecule has 0 unspecified atom stereocenters. The normalized spacial score (nSPS) is 11.5. The summed E-state index contributed by atoms with van der Waals surface area (Å²) in [7, 11) is 3.45. The lowest BCUT2D eigenvalue weighted by Gasteiger charge is -2.22. The molecule has 0 aliphatic rings. The van der Waals surface area contributed by atoms with Crippen LogP contribution < -0.4 is 0 Å². The van der Waals surface area contributed by atoms with Crippen molar-refractivity contribution in [1.29, 1.82) is 0 Å². The first-order valence-electron chi connectivity index (χ1n) is 4.60. The average molecular weight is 187 g/mol. The van der Waals surface area contributed by atoms with Crippen LogP contribution in [0.15, 0.2) is 0 Å². The van der Waals surface area contributed by atoms with Crippen molar-refractivity contribution < 1.29 is 9.53 Å². The third kappa shape index (κ3) is 6.58. The predicted octanol–water partition coefficient (Wildman–Crippen LogP) is 1.53. The van der Waals surface area contributed by atoms with Gasteiger partial charge in [0.2, 0.25) is 5.91 Å². The molecule has 0 bridgehead atoms. The van der Waals surface area contributed by atoms with Crippen molar-refractivity contribution in [2.24, 2.45) is 5.41 Å². The second-order valence-corrected chi connectivity index (χ2v) is 4.55. The zero-order valence-corrected chi connectivity index (χ0v) is 9.39. The van der Waals surface area contributed by atoms with Crippen molar-refractivity contribution >= 4 is 5.91 Å². The van der Waals surface area contributed by atoms with Gasteiger partial charge >= 0.3 is 0 Å². The second kappa shape index (κ2) is 5.22. The van der Waals surface area contributed by atoms with Gasteiger partial charge in [-0.1, -0.05) is 20.8 Å². The topological polar surface area (TPSA) is 29.5 Å². The molecule has 0 aromatic heterocycles. The van der Waals surface area contributed by atoms with E-state index in [4.69, 9.17) is 4.74 Å². The molecule has 78 valence electrons. The van der Waals surface area contributed by atoms with Crippen molar-refractivity contribution in [3.63, 3.8) is 0 Å². The molecule has 0 radical (unpaired) electrons. The van der Waals surface area contributed by atoms with Gasteiger partial charge in [-0.3, -0.25) is 4.79 Å². The summed E-state index contributed by atoms with van der Waals surface area (Å²) >= 11 is 0. The average Bonchev–Trinajstić information content (AvgIpc) is 1.96. The highest BCUT2D eigenvalue weighted by Gasteiger charge is 2.18.